The van der Waals surface area contributed by atoms with Crippen LogP contribution < -0.4 is 9.47 Å². The van der Waals surface area contributed by atoms with Crippen LogP contribution in [0.2, 0.25) is 5.02 Å². The third-order valence-electron chi connectivity index (χ3n) is 4.33. The van der Waals surface area contributed by atoms with E-state index >= 15 is 0 Å². The van der Waals surface area contributed by atoms with Gasteiger partial charge in [0.25, 0.3) is 5.91 Å². The molecular formula is C20H21ClN2O3S. The van der Waals surface area contributed by atoms with E-state index in [2.05, 4.69) is 4.98 Å². The second-order valence-electron chi connectivity index (χ2n) is 6.03. The predicted octanol–water partition coefficient (Wildman–Crippen LogP) is 5.19. The molecule has 0 fully saturated rings. The molecule has 0 radical (unpaired) electrons. The van der Waals surface area contributed by atoms with Crippen molar-refractivity contribution in [1.82, 2.24) is 9.88 Å². The summed E-state index contributed by atoms with van der Waals surface area (Å²) in [4.78, 5) is 19.3. The zero-order chi connectivity index (χ0) is 19.6. The first-order valence-electron chi connectivity index (χ1n) is 8.59. The summed E-state index contributed by atoms with van der Waals surface area (Å²) in [6, 6.07) is 11.0. The van der Waals surface area contributed by atoms with Crippen LogP contribution in [0.15, 0.2) is 36.4 Å². The van der Waals surface area contributed by atoms with Crippen molar-refractivity contribution in [3.63, 3.8) is 0 Å². The maximum atomic E-state index is 13.0. The average molecular weight is 405 g/mol. The molecule has 0 aliphatic rings. The molecule has 2 aromatic carbocycles. The molecule has 1 unspecified atom stereocenters. The highest BCUT2D eigenvalue weighted by Crippen LogP contribution is 2.37. The molecule has 1 amide bonds. The molecule has 0 saturated heterocycles. The van der Waals surface area contributed by atoms with Crippen LogP contribution in [0.5, 0.6) is 11.5 Å². The van der Waals surface area contributed by atoms with Crippen LogP contribution in [0.4, 0.5) is 0 Å². The summed E-state index contributed by atoms with van der Waals surface area (Å²) in [5.74, 6) is 0.721. The molecule has 0 aliphatic carbocycles. The number of ether oxygens (including phenoxy) is 2. The van der Waals surface area contributed by atoms with Crippen molar-refractivity contribution in [3.05, 3.63) is 52.0 Å². The zero-order valence-electron chi connectivity index (χ0n) is 15.7. The van der Waals surface area contributed by atoms with E-state index in [1.807, 2.05) is 38.1 Å². The fraction of sp³-hybridized carbons (Fsp3) is 0.300. The quantitative estimate of drug-likeness (QED) is 0.567. The van der Waals surface area contributed by atoms with E-state index in [1.54, 1.807) is 35.4 Å². The molecule has 0 saturated carbocycles. The lowest BCUT2D eigenvalue weighted by Crippen LogP contribution is -2.29. The summed E-state index contributed by atoms with van der Waals surface area (Å²) < 4.78 is 12.0. The van der Waals surface area contributed by atoms with Crippen LogP contribution in [0, 0.1) is 0 Å². The molecule has 142 valence electrons. The molecule has 1 heterocycles. The smallest absolute Gasteiger partial charge is 0.254 e. The molecule has 0 N–H and O–H groups in total. The van der Waals surface area contributed by atoms with Crippen molar-refractivity contribution in [2.75, 3.05) is 20.8 Å². The molecule has 1 aromatic heterocycles. The van der Waals surface area contributed by atoms with E-state index in [0.717, 1.165) is 15.2 Å². The fourth-order valence-electron chi connectivity index (χ4n) is 2.74. The third-order valence-corrected chi connectivity index (χ3v) is 5.82. The normalized spacial score (nSPS) is 12.0. The van der Waals surface area contributed by atoms with Gasteiger partial charge in [-0.05, 0) is 38.1 Å². The van der Waals surface area contributed by atoms with Crippen LogP contribution in [0.25, 0.3) is 10.2 Å². The van der Waals surface area contributed by atoms with Crippen molar-refractivity contribution in [2.24, 2.45) is 0 Å². The monoisotopic (exact) mass is 404 g/mol. The Balaban J connectivity index is 1.89. The number of methoxy groups -OCH3 is 1. The summed E-state index contributed by atoms with van der Waals surface area (Å²) >= 11 is 7.90. The van der Waals surface area contributed by atoms with E-state index in [1.165, 1.54) is 7.11 Å². The number of para-hydroxylation sites is 1. The molecule has 0 aliphatic heterocycles. The SMILES string of the molecule is CCOc1c(Cl)cc(C(=O)N(C)C(C)c2nc3ccccc3s2)cc1OC. The Labute approximate surface area is 167 Å². The average Bonchev–Trinajstić information content (AvgIpc) is 3.11. The Kier molecular flexibility index (Phi) is 5.87. The van der Waals surface area contributed by atoms with Gasteiger partial charge < -0.3 is 14.4 Å². The van der Waals surface area contributed by atoms with E-state index in [0.29, 0.717) is 28.7 Å². The van der Waals surface area contributed by atoms with Gasteiger partial charge in [0.1, 0.15) is 5.01 Å². The molecular weight excluding hydrogens is 384 g/mol. The van der Waals surface area contributed by atoms with Crippen molar-refractivity contribution in [3.8, 4) is 11.5 Å². The van der Waals surface area contributed by atoms with Gasteiger partial charge in [0.15, 0.2) is 11.5 Å². The van der Waals surface area contributed by atoms with Crippen LogP contribution in [-0.2, 0) is 0 Å². The first-order chi connectivity index (χ1) is 13.0. The molecule has 3 rings (SSSR count). The molecule has 0 bridgehead atoms. The topological polar surface area (TPSA) is 51.7 Å². The second-order valence-corrected chi connectivity index (χ2v) is 7.50. The number of rotatable bonds is 6. The highest BCUT2D eigenvalue weighted by molar-refractivity contribution is 7.18. The zero-order valence-corrected chi connectivity index (χ0v) is 17.2. The lowest BCUT2D eigenvalue weighted by atomic mass is 10.1. The molecule has 1 atom stereocenters. The van der Waals surface area contributed by atoms with Gasteiger partial charge in [-0.15, -0.1) is 11.3 Å². The van der Waals surface area contributed by atoms with Gasteiger partial charge in [0, 0.05) is 12.6 Å². The summed E-state index contributed by atoms with van der Waals surface area (Å²) in [5, 5.41) is 1.23. The van der Waals surface area contributed by atoms with E-state index in [4.69, 9.17) is 21.1 Å². The first kappa shape index (κ1) is 19.5. The number of thiazole rings is 1. The number of hydrogen-bond acceptors (Lipinski definition) is 5. The number of aromatic nitrogens is 1. The number of halogens is 1. The lowest BCUT2D eigenvalue weighted by molar-refractivity contribution is 0.0742. The maximum Gasteiger partial charge on any atom is 0.254 e. The largest absolute Gasteiger partial charge is 0.493 e. The highest BCUT2D eigenvalue weighted by Gasteiger charge is 2.24. The fourth-order valence-corrected chi connectivity index (χ4v) is 4.07. The number of carbonyl (C=O) groups excluding carboxylic acids is 1. The van der Waals surface area contributed by atoms with Gasteiger partial charge in [-0.25, -0.2) is 4.98 Å². The Bertz CT molecular complexity index is 940. The van der Waals surface area contributed by atoms with Gasteiger partial charge in [0.2, 0.25) is 0 Å². The summed E-state index contributed by atoms with van der Waals surface area (Å²) in [6.45, 7) is 4.28. The van der Waals surface area contributed by atoms with Crippen molar-refractivity contribution in [2.45, 2.75) is 19.9 Å². The molecule has 5 nitrogen and oxygen atoms in total. The van der Waals surface area contributed by atoms with Crippen LogP contribution in [0.3, 0.4) is 0 Å². The molecule has 27 heavy (non-hydrogen) atoms. The maximum absolute atomic E-state index is 13.0. The standard InChI is InChI=1S/C20H21ClN2O3S/c1-5-26-18-14(21)10-13(11-16(18)25-4)20(24)23(3)12(2)19-22-15-8-6-7-9-17(15)27-19/h6-12H,5H2,1-4H3. The summed E-state index contributed by atoms with van der Waals surface area (Å²) in [5.41, 5.74) is 1.38. The lowest BCUT2D eigenvalue weighted by Gasteiger charge is -2.24. The minimum atomic E-state index is -0.175. The number of carbonyl (C=O) groups is 1. The third kappa shape index (κ3) is 3.87. The number of benzene rings is 2. The summed E-state index contributed by atoms with van der Waals surface area (Å²) in [7, 11) is 3.28. The van der Waals surface area contributed by atoms with Crippen molar-refractivity contribution in [1.29, 1.82) is 0 Å². The van der Waals surface area contributed by atoms with Gasteiger partial charge in [-0.1, -0.05) is 23.7 Å². The van der Waals surface area contributed by atoms with Crippen LogP contribution in [-0.4, -0.2) is 36.6 Å². The van der Waals surface area contributed by atoms with Crippen LogP contribution in [0.1, 0.15) is 35.3 Å². The Morgan fingerprint density at radius 3 is 2.74 bits per heavy atom. The van der Waals surface area contributed by atoms with Gasteiger partial charge in [-0.2, -0.15) is 0 Å². The molecule has 3 aromatic rings. The highest BCUT2D eigenvalue weighted by atomic mass is 35.5. The number of fused-ring (bicyclic) bond motifs is 1. The minimum Gasteiger partial charge on any atom is -0.493 e. The Morgan fingerprint density at radius 2 is 2.07 bits per heavy atom. The second kappa shape index (κ2) is 8.15. The first-order valence-corrected chi connectivity index (χ1v) is 9.78. The van der Waals surface area contributed by atoms with Crippen LogP contribution >= 0.6 is 22.9 Å². The van der Waals surface area contributed by atoms with E-state index in [-0.39, 0.29) is 11.9 Å². The van der Waals surface area contributed by atoms with E-state index in [9.17, 15) is 4.79 Å². The Hall–Kier alpha value is -2.31. The number of nitrogens with zero attached hydrogens (tertiary/aromatic N) is 2. The van der Waals surface area contributed by atoms with Gasteiger partial charge in [-0.3, -0.25) is 4.79 Å². The predicted molar refractivity (Wildman–Crippen MR) is 109 cm³/mol. The van der Waals surface area contributed by atoms with Crippen molar-refractivity contribution >= 4 is 39.1 Å². The number of hydrogen-bond donors (Lipinski definition) is 0. The van der Waals surface area contributed by atoms with Crippen molar-refractivity contribution < 1.29 is 14.3 Å². The molecule has 0 spiro atoms. The van der Waals surface area contributed by atoms with Gasteiger partial charge in [0.05, 0.1) is 35.0 Å². The summed E-state index contributed by atoms with van der Waals surface area (Å²) in [6.07, 6.45) is 0. The Morgan fingerprint density at radius 1 is 1.33 bits per heavy atom. The molecule has 7 heteroatoms. The minimum absolute atomic E-state index is 0.162. The van der Waals surface area contributed by atoms with E-state index < -0.39 is 0 Å². The number of amides is 1. The van der Waals surface area contributed by atoms with Gasteiger partial charge >= 0.3 is 0 Å².